The summed E-state index contributed by atoms with van der Waals surface area (Å²) >= 11 is 0. The molecule has 1 aromatic carbocycles. The number of nitrogens with two attached hydrogens (primary N) is 1. The number of hydrogen-bond acceptors (Lipinski definition) is 2. The molecule has 0 heterocycles. The first-order valence-corrected chi connectivity index (χ1v) is 5.02. The van der Waals surface area contributed by atoms with Gasteiger partial charge in [0, 0.05) is 18.0 Å². The molecule has 1 aromatic rings. The van der Waals surface area contributed by atoms with Crippen molar-refractivity contribution in [2.24, 2.45) is 5.73 Å². The molecule has 0 bridgehead atoms. The third-order valence-corrected chi connectivity index (χ3v) is 2.85. The molecule has 1 aliphatic carbocycles. The molecule has 0 saturated carbocycles. The van der Waals surface area contributed by atoms with Crippen LogP contribution in [0.1, 0.15) is 53.7 Å². The molecular weight excluding hydrogens is 174 g/mol. The number of carbonyl (C=O) groups excluding carboxylic acids is 1. The van der Waals surface area contributed by atoms with E-state index in [-0.39, 0.29) is 11.8 Å². The molecule has 0 radical (unpaired) electrons. The van der Waals surface area contributed by atoms with Crippen molar-refractivity contribution in [1.29, 1.82) is 0 Å². The van der Waals surface area contributed by atoms with Crippen LogP contribution in [0.25, 0.3) is 0 Å². The van der Waals surface area contributed by atoms with E-state index in [0.29, 0.717) is 12.3 Å². The van der Waals surface area contributed by atoms with Crippen LogP contribution in [-0.2, 0) is 0 Å². The maximum atomic E-state index is 11.5. The summed E-state index contributed by atoms with van der Waals surface area (Å²) in [6, 6.07) is 5.94. The summed E-state index contributed by atoms with van der Waals surface area (Å²) in [5, 5.41) is 0. The first kappa shape index (κ1) is 9.41. The van der Waals surface area contributed by atoms with Crippen LogP contribution in [0.2, 0.25) is 0 Å². The Hall–Kier alpha value is -1.15. The van der Waals surface area contributed by atoms with Crippen molar-refractivity contribution in [3.05, 3.63) is 34.9 Å². The Morgan fingerprint density at radius 3 is 2.79 bits per heavy atom. The standard InChI is InChI=1S/C12H15NO/c1-7(2)8-3-4-9-10(5-8)11(13)6-12(9)14/h3-5,7,11H,6,13H2,1-2H3. The number of ketones is 1. The Kier molecular flexibility index (Phi) is 2.16. The molecule has 2 rings (SSSR count). The van der Waals surface area contributed by atoms with Gasteiger partial charge in [-0.05, 0) is 17.0 Å². The minimum atomic E-state index is -0.0869. The molecule has 0 saturated heterocycles. The van der Waals surface area contributed by atoms with Crippen molar-refractivity contribution in [3.63, 3.8) is 0 Å². The van der Waals surface area contributed by atoms with Gasteiger partial charge >= 0.3 is 0 Å². The van der Waals surface area contributed by atoms with Crippen LogP contribution in [0, 0.1) is 0 Å². The summed E-state index contributed by atoms with van der Waals surface area (Å²) in [4.78, 5) is 11.5. The third-order valence-electron chi connectivity index (χ3n) is 2.85. The molecule has 14 heavy (non-hydrogen) atoms. The minimum Gasteiger partial charge on any atom is -0.324 e. The van der Waals surface area contributed by atoms with E-state index in [2.05, 4.69) is 19.9 Å². The molecule has 0 amide bonds. The fraction of sp³-hybridized carbons (Fsp3) is 0.417. The van der Waals surface area contributed by atoms with E-state index in [9.17, 15) is 4.79 Å². The first-order valence-electron chi connectivity index (χ1n) is 5.02. The summed E-state index contributed by atoms with van der Waals surface area (Å²) in [5.41, 5.74) is 8.99. The Bertz CT molecular complexity index is 382. The molecule has 0 aliphatic heterocycles. The highest BCUT2D eigenvalue weighted by atomic mass is 16.1. The lowest BCUT2D eigenvalue weighted by Gasteiger charge is -2.09. The van der Waals surface area contributed by atoms with Gasteiger partial charge in [0.15, 0.2) is 5.78 Å². The smallest absolute Gasteiger partial charge is 0.165 e. The van der Waals surface area contributed by atoms with Crippen molar-refractivity contribution in [2.45, 2.75) is 32.2 Å². The van der Waals surface area contributed by atoms with E-state index in [1.807, 2.05) is 12.1 Å². The molecule has 0 aromatic heterocycles. The molecule has 1 unspecified atom stereocenters. The van der Waals surface area contributed by atoms with Gasteiger partial charge in [-0.25, -0.2) is 0 Å². The number of carbonyl (C=O) groups is 1. The van der Waals surface area contributed by atoms with Crippen LogP contribution in [0.15, 0.2) is 18.2 Å². The molecule has 2 N–H and O–H groups in total. The largest absolute Gasteiger partial charge is 0.324 e. The lowest BCUT2D eigenvalue weighted by Crippen LogP contribution is -2.06. The number of hydrogen-bond donors (Lipinski definition) is 1. The van der Waals surface area contributed by atoms with Gasteiger partial charge in [0.05, 0.1) is 0 Å². The molecule has 1 aliphatic rings. The van der Waals surface area contributed by atoms with E-state index in [1.165, 1.54) is 5.56 Å². The monoisotopic (exact) mass is 189 g/mol. The molecular formula is C12H15NO. The summed E-state index contributed by atoms with van der Waals surface area (Å²) in [5.74, 6) is 0.672. The quantitative estimate of drug-likeness (QED) is 0.737. The lowest BCUT2D eigenvalue weighted by atomic mass is 9.97. The Labute approximate surface area is 84.1 Å². The van der Waals surface area contributed by atoms with Gasteiger partial charge in [-0.15, -0.1) is 0 Å². The fourth-order valence-electron chi connectivity index (χ4n) is 1.92. The predicted molar refractivity (Wildman–Crippen MR) is 56.4 cm³/mol. The van der Waals surface area contributed by atoms with Crippen LogP contribution >= 0.6 is 0 Å². The van der Waals surface area contributed by atoms with E-state index in [4.69, 9.17) is 5.73 Å². The zero-order valence-electron chi connectivity index (χ0n) is 8.58. The highest BCUT2D eigenvalue weighted by Crippen LogP contribution is 2.31. The predicted octanol–water partition coefficient (Wildman–Crippen LogP) is 2.40. The SMILES string of the molecule is CC(C)c1ccc2c(c1)C(N)CC2=O. The third kappa shape index (κ3) is 1.36. The Morgan fingerprint density at radius 1 is 1.43 bits per heavy atom. The average Bonchev–Trinajstić information content (AvgIpc) is 2.42. The number of benzene rings is 1. The van der Waals surface area contributed by atoms with Gasteiger partial charge in [0.2, 0.25) is 0 Å². The fourth-order valence-corrected chi connectivity index (χ4v) is 1.92. The maximum absolute atomic E-state index is 11.5. The van der Waals surface area contributed by atoms with Gasteiger partial charge in [-0.3, -0.25) is 4.79 Å². The lowest BCUT2D eigenvalue weighted by molar-refractivity contribution is 0.0989. The molecule has 74 valence electrons. The van der Waals surface area contributed by atoms with Crippen LogP contribution < -0.4 is 5.73 Å². The molecule has 0 spiro atoms. The molecule has 1 atom stereocenters. The summed E-state index contributed by atoms with van der Waals surface area (Å²) in [6.07, 6.45) is 0.469. The zero-order valence-corrected chi connectivity index (χ0v) is 8.58. The number of fused-ring (bicyclic) bond motifs is 1. The van der Waals surface area contributed by atoms with Crippen molar-refractivity contribution >= 4 is 5.78 Å². The summed E-state index contributed by atoms with van der Waals surface area (Å²) in [6.45, 7) is 4.29. The van der Waals surface area contributed by atoms with Crippen molar-refractivity contribution in [2.75, 3.05) is 0 Å². The van der Waals surface area contributed by atoms with Crippen LogP contribution in [0.4, 0.5) is 0 Å². The van der Waals surface area contributed by atoms with Gasteiger partial charge in [0.1, 0.15) is 0 Å². The van der Waals surface area contributed by atoms with E-state index < -0.39 is 0 Å². The average molecular weight is 189 g/mol. The van der Waals surface area contributed by atoms with Gasteiger partial charge < -0.3 is 5.73 Å². The van der Waals surface area contributed by atoms with E-state index in [1.54, 1.807) is 0 Å². The topological polar surface area (TPSA) is 43.1 Å². The first-order chi connectivity index (χ1) is 6.59. The summed E-state index contributed by atoms with van der Waals surface area (Å²) in [7, 11) is 0. The zero-order chi connectivity index (χ0) is 10.3. The Balaban J connectivity index is 2.50. The minimum absolute atomic E-state index is 0.0869. The second-order valence-electron chi connectivity index (χ2n) is 4.24. The molecule has 2 heteroatoms. The van der Waals surface area contributed by atoms with Crippen molar-refractivity contribution in [1.82, 2.24) is 0 Å². The van der Waals surface area contributed by atoms with Gasteiger partial charge in [-0.1, -0.05) is 32.0 Å². The van der Waals surface area contributed by atoms with Gasteiger partial charge in [0.25, 0.3) is 0 Å². The number of Topliss-reactive ketones (excluding diaryl/α,β-unsaturated/α-hetero) is 1. The van der Waals surface area contributed by atoms with E-state index in [0.717, 1.165) is 11.1 Å². The second-order valence-corrected chi connectivity index (χ2v) is 4.24. The molecule has 2 nitrogen and oxygen atoms in total. The van der Waals surface area contributed by atoms with Gasteiger partial charge in [-0.2, -0.15) is 0 Å². The number of rotatable bonds is 1. The molecule has 0 fully saturated rings. The van der Waals surface area contributed by atoms with Crippen LogP contribution in [0.3, 0.4) is 0 Å². The van der Waals surface area contributed by atoms with Crippen molar-refractivity contribution < 1.29 is 4.79 Å². The van der Waals surface area contributed by atoms with Crippen molar-refractivity contribution in [3.8, 4) is 0 Å². The second kappa shape index (κ2) is 3.21. The van der Waals surface area contributed by atoms with Crippen LogP contribution in [0.5, 0.6) is 0 Å². The Morgan fingerprint density at radius 2 is 2.14 bits per heavy atom. The highest BCUT2D eigenvalue weighted by Gasteiger charge is 2.26. The normalized spacial score (nSPS) is 20.3. The highest BCUT2D eigenvalue weighted by molar-refractivity contribution is 6.01. The maximum Gasteiger partial charge on any atom is 0.165 e. The summed E-state index contributed by atoms with van der Waals surface area (Å²) < 4.78 is 0. The van der Waals surface area contributed by atoms with Crippen LogP contribution in [-0.4, -0.2) is 5.78 Å². The van der Waals surface area contributed by atoms with E-state index >= 15 is 0 Å².